The number of para-hydroxylation sites is 1. The van der Waals surface area contributed by atoms with Crippen LogP contribution >= 0.6 is 0 Å². The molecule has 0 bridgehead atoms. The van der Waals surface area contributed by atoms with E-state index >= 15 is 0 Å². The van der Waals surface area contributed by atoms with Crippen molar-refractivity contribution >= 4 is 22.3 Å². The third kappa shape index (κ3) is 6.31. The standard InChI is InChI=1S/C22H40N2OSi2/c1-8-27(7,25-26(5,6)22(2,3)4)20-12-15-23-16-18-24(19-17-23)21-13-10-9-11-14-21/h8-11,13-14H,1,12,15-20H2,2-7H3. The van der Waals surface area contributed by atoms with Crippen LogP contribution in [-0.4, -0.2) is 54.3 Å². The lowest BCUT2D eigenvalue weighted by atomic mass is 10.2. The van der Waals surface area contributed by atoms with E-state index in [0.717, 1.165) is 26.2 Å². The van der Waals surface area contributed by atoms with Crippen LogP contribution in [0.2, 0.25) is 30.7 Å². The van der Waals surface area contributed by atoms with E-state index in [0.29, 0.717) is 0 Å². The summed E-state index contributed by atoms with van der Waals surface area (Å²) in [5.41, 5.74) is 3.52. The van der Waals surface area contributed by atoms with Crippen LogP contribution in [0.3, 0.4) is 0 Å². The van der Waals surface area contributed by atoms with Gasteiger partial charge in [0, 0.05) is 31.9 Å². The highest BCUT2D eigenvalue weighted by Gasteiger charge is 2.42. The first-order valence-electron chi connectivity index (χ1n) is 10.4. The van der Waals surface area contributed by atoms with Gasteiger partial charge in [-0.05, 0) is 55.8 Å². The maximum atomic E-state index is 6.84. The Morgan fingerprint density at radius 3 is 2.15 bits per heavy atom. The van der Waals surface area contributed by atoms with Crippen LogP contribution in [0, 0.1) is 0 Å². The van der Waals surface area contributed by atoms with Crippen molar-refractivity contribution in [1.29, 1.82) is 0 Å². The van der Waals surface area contributed by atoms with Crippen molar-refractivity contribution in [2.75, 3.05) is 37.6 Å². The van der Waals surface area contributed by atoms with Gasteiger partial charge in [-0.2, -0.15) is 0 Å². The van der Waals surface area contributed by atoms with Gasteiger partial charge in [0.1, 0.15) is 0 Å². The molecular weight excluding hydrogens is 364 g/mol. The van der Waals surface area contributed by atoms with Crippen molar-refractivity contribution in [3.8, 4) is 0 Å². The van der Waals surface area contributed by atoms with Crippen LogP contribution in [0.1, 0.15) is 27.2 Å². The molecule has 1 atom stereocenters. The van der Waals surface area contributed by atoms with Crippen LogP contribution in [0.4, 0.5) is 5.69 Å². The smallest absolute Gasteiger partial charge is 0.201 e. The third-order valence-corrected chi connectivity index (χ3v) is 16.1. The van der Waals surface area contributed by atoms with Crippen molar-refractivity contribution in [2.45, 2.75) is 57.9 Å². The van der Waals surface area contributed by atoms with Gasteiger partial charge in [0.15, 0.2) is 8.32 Å². The molecule has 27 heavy (non-hydrogen) atoms. The van der Waals surface area contributed by atoms with Gasteiger partial charge in [-0.3, -0.25) is 4.90 Å². The molecular formula is C22H40N2OSi2. The Kier molecular flexibility index (Phi) is 7.53. The summed E-state index contributed by atoms with van der Waals surface area (Å²) in [6, 6.07) is 12.0. The summed E-state index contributed by atoms with van der Waals surface area (Å²) < 4.78 is 6.84. The Balaban J connectivity index is 1.79. The first-order valence-corrected chi connectivity index (χ1v) is 16.0. The van der Waals surface area contributed by atoms with Gasteiger partial charge in [-0.15, -0.1) is 6.58 Å². The fraction of sp³-hybridized carbons (Fsp3) is 0.636. The van der Waals surface area contributed by atoms with E-state index in [1.54, 1.807) is 0 Å². The predicted octanol–water partition coefficient (Wildman–Crippen LogP) is 5.52. The van der Waals surface area contributed by atoms with E-state index in [9.17, 15) is 0 Å². The first kappa shape index (κ1) is 22.4. The molecule has 0 spiro atoms. The Bertz CT molecular complexity index is 592. The van der Waals surface area contributed by atoms with Gasteiger partial charge in [-0.25, -0.2) is 0 Å². The summed E-state index contributed by atoms with van der Waals surface area (Å²) >= 11 is 0. The maximum Gasteiger partial charge on any atom is 0.201 e. The molecule has 0 amide bonds. The molecule has 2 rings (SSSR count). The average Bonchev–Trinajstić information content (AvgIpc) is 2.62. The second-order valence-corrected chi connectivity index (χ2v) is 18.5. The van der Waals surface area contributed by atoms with E-state index in [2.05, 4.69) is 92.8 Å². The topological polar surface area (TPSA) is 15.7 Å². The normalized spacial score (nSPS) is 19.0. The number of benzene rings is 1. The lowest BCUT2D eigenvalue weighted by Crippen LogP contribution is -2.51. The van der Waals surface area contributed by atoms with Crippen LogP contribution in [-0.2, 0) is 4.12 Å². The summed E-state index contributed by atoms with van der Waals surface area (Å²) in [7, 11) is -3.56. The van der Waals surface area contributed by atoms with Gasteiger partial charge in [0.05, 0.1) is 0 Å². The zero-order valence-electron chi connectivity index (χ0n) is 18.4. The molecule has 152 valence electrons. The highest BCUT2D eigenvalue weighted by Crippen LogP contribution is 2.39. The molecule has 1 aliphatic heterocycles. The van der Waals surface area contributed by atoms with E-state index in [-0.39, 0.29) is 5.04 Å². The highest BCUT2D eigenvalue weighted by atomic mass is 28.4. The van der Waals surface area contributed by atoms with Crippen molar-refractivity contribution in [3.05, 3.63) is 42.6 Å². The molecule has 0 aliphatic carbocycles. The molecule has 0 N–H and O–H groups in total. The number of nitrogens with zero attached hydrogens (tertiary/aromatic N) is 2. The number of rotatable bonds is 8. The third-order valence-electron chi connectivity index (χ3n) is 6.37. The molecule has 1 aliphatic rings. The summed E-state index contributed by atoms with van der Waals surface area (Å²) in [5.74, 6) is 0. The number of hydrogen-bond donors (Lipinski definition) is 0. The Labute approximate surface area is 169 Å². The minimum absolute atomic E-state index is 0.262. The van der Waals surface area contributed by atoms with Crippen molar-refractivity contribution < 1.29 is 4.12 Å². The molecule has 1 saturated heterocycles. The zero-order chi connectivity index (χ0) is 20.1. The van der Waals surface area contributed by atoms with E-state index in [1.807, 2.05) is 0 Å². The minimum atomic E-state index is -1.83. The molecule has 0 radical (unpaired) electrons. The fourth-order valence-electron chi connectivity index (χ4n) is 3.45. The molecule has 1 aromatic carbocycles. The average molecular weight is 405 g/mol. The number of hydrogen-bond acceptors (Lipinski definition) is 3. The molecule has 1 aromatic rings. The molecule has 1 fully saturated rings. The largest absolute Gasteiger partial charge is 0.452 e. The van der Waals surface area contributed by atoms with E-state index in [1.165, 1.54) is 24.7 Å². The fourth-order valence-corrected chi connectivity index (χ4v) is 11.1. The molecule has 1 heterocycles. The minimum Gasteiger partial charge on any atom is -0.452 e. The lowest BCUT2D eigenvalue weighted by molar-refractivity contribution is 0.257. The lowest BCUT2D eigenvalue weighted by Gasteiger charge is -2.43. The van der Waals surface area contributed by atoms with Gasteiger partial charge in [-0.1, -0.05) is 44.7 Å². The summed E-state index contributed by atoms with van der Waals surface area (Å²) in [4.78, 5) is 5.11. The summed E-state index contributed by atoms with van der Waals surface area (Å²) in [6.45, 7) is 23.9. The van der Waals surface area contributed by atoms with Crippen molar-refractivity contribution in [1.82, 2.24) is 4.90 Å². The SMILES string of the molecule is C=C[Si](C)(CCCN1CCN(c2ccccc2)CC1)O[Si](C)(C)C(C)(C)C. The first-order chi connectivity index (χ1) is 12.6. The summed E-state index contributed by atoms with van der Waals surface area (Å²) in [6.07, 6.45) is 1.22. The number of anilines is 1. The van der Waals surface area contributed by atoms with E-state index < -0.39 is 16.6 Å². The molecule has 0 saturated carbocycles. The van der Waals surface area contributed by atoms with Gasteiger partial charge < -0.3 is 9.02 Å². The summed E-state index contributed by atoms with van der Waals surface area (Å²) in [5, 5.41) is 0.262. The quantitative estimate of drug-likeness (QED) is 0.530. The van der Waals surface area contributed by atoms with E-state index in [4.69, 9.17) is 4.12 Å². The van der Waals surface area contributed by atoms with Crippen molar-refractivity contribution in [3.63, 3.8) is 0 Å². The van der Waals surface area contributed by atoms with Crippen LogP contribution < -0.4 is 4.90 Å². The second kappa shape index (κ2) is 9.08. The Hall–Kier alpha value is -0.886. The van der Waals surface area contributed by atoms with Gasteiger partial charge in [0.25, 0.3) is 0 Å². The Morgan fingerprint density at radius 2 is 1.63 bits per heavy atom. The van der Waals surface area contributed by atoms with Crippen LogP contribution in [0.25, 0.3) is 0 Å². The Morgan fingerprint density at radius 1 is 1.04 bits per heavy atom. The van der Waals surface area contributed by atoms with Crippen molar-refractivity contribution in [2.24, 2.45) is 0 Å². The van der Waals surface area contributed by atoms with Gasteiger partial charge >= 0.3 is 0 Å². The molecule has 1 unspecified atom stereocenters. The monoisotopic (exact) mass is 404 g/mol. The van der Waals surface area contributed by atoms with Crippen LogP contribution in [0.15, 0.2) is 42.6 Å². The molecule has 3 nitrogen and oxygen atoms in total. The highest BCUT2D eigenvalue weighted by molar-refractivity contribution is 6.89. The van der Waals surface area contributed by atoms with Crippen LogP contribution in [0.5, 0.6) is 0 Å². The second-order valence-electron chi connectivity index (χ2n) is 9.65. The molecule has 5 heteroatoms. The number of piperazine rings is 1. The van der Waals surface area contributed by atoms with Gasteiger partial charge in [0.2, 0.25) is 8.32 Å². The zero-order valence-corrected chi connectivity index (χ0v) is 20.4. The molecule has 0 aromatic heterocycles. The maximum absolute atomic E-state index is 6.84. The predicted molar refractivity (Wildman–Crippen MR) is 125 cm³/mol.